The van der Waals surface area contributed by atoms with Gasteiger partial charge in [-0.2, -0.15) is 5.10 Å². The molecule has 2 aromatic carbocycles. The van der Waals surface area contributed by atoms with Crippen LogP contribution in [0.3, 0.4) is 0 Å². The fourth-order valence-corrected chi connectivity index (χ4v) is 3.20. The van der Waals surface area contributed by atoms with Gasteiger partial charge in [-0.25, -0.2) is 9.37 Å². The zero-order valence-electron chi connectivity index (χ0n) is 16.1. The van der Waals surface area contributed by atoms with Crippen LogP contribution < -0.4 is 10.2 Å². The minimum atomic E-state index is -0.487. The van der Waals surface area contributed by atoms with E-state index in [0.29, 0.717) is 28.0 Å². The number of hydrogen-bond acceptors (Lipinski definition) is 7. The fraction of sp³-hybridized carbons (Fsp3) is 0.190. The van der Waals surface area contributed by atoms with E-state index in [1.807, 2.05) is 12.1 Å². The van der Waals surface area contributed by atoms with Crippen molar-refractivity contribution >= 4 is 40.3 Å². The van der Waals surface area contributed by atoms with Crippen LogP contribution in [0.4, 0.5) is 9.52 Å². The smallest absolute Gasteiger partial charge is 0.311 e. The van der Waals surface area contributed by atoms with Crippen LogP contribution in [0.15, 0.2) is 52.9 Å². The largest absolute Gasteiger partial charge is 0.486 e. The van der Waals surface area contributed by atoms with E-state index >= 15 is 0 Å². The average Bonchev–Trinajstić information content (AvgIpc) is 3.16. The summed E-state index contributed by atoms with van der Waals surface area (Å²) in [6, 6.07) is 11.7. The van der Waals surface area contributed by atoms with Gasteiger partial charge in [0.1, 0.15) is 6.61 Å². The van der Waals surface area contributed by atoms with E-state index in [9.17, 15) is 9.18 Å². The van der Waals surface area contributed by atoms with Crippen molar-refractivity contribution in [1.29, 1.82) is 0 Å². The van der Waals surface area contributed by atoms with Crippen molar-refractivity contribution < 1.29 is 18.7 Å². The molecule has 0 saturated heterocycles. The highest BCUT2D eigenvalue weighted by Crippen LogP contribution is 2.20. The molecule has 0 saturated carbocycles. The predicted octanol–water partition coefficient (Wildman–Crippen LogP) is 5.07. The number of hydrazone groups is 1. The summed E-state index contributed by atoms with van der Waals surface area (Å²) < 4.78 is 24.7. The van der Waals surface area contributed by atoms with Gasteiger partial charge in [-0.05, 0) is 48.4 Å². The zero-order valence-corrected chi connectivity index (χ0v) is 17.7. The minimum Gasteiger partial charge on any atom is -0.486 e. The maximum absolute atomic E-state index is 14.3. The number of halogens is 2. The molecule has 0 bridgehead atoms. The summed E-state index contributed by atoms with van der Waals surface area (Å²) >= 11 is 7.15. The van der Waals surface area contributed by atoms with Crippen LogP contribution in [0.1, 0.15) is 23.7 Å². The first-order chi connectivity index (χ1) is 14.5. The second-order valence-electron chi connectivity index (χ2n) is 6.10. The summed E-state index contributed by atoms with van der Waals surface area (Å²) in [5, 5.41) is 6.96. The van der Waals surface area contributed by atoms with E-state index in [1.165, 1.54) is 23.6 Å². The number of nitrogens with one attached hydrogen (secondary N) is 1. The predicted molar refractivity (Wildman–Crippen MR) is 116 cm³/mol. The van der Waals surface area contributed by atoms with E-state index in [1.54, 1.807) is 36.6 Å². The van der Waals surface area contributed by atoms with Crippen molar-refractivity contribution in [2.75, 3.05) is 12.0 Å². The molecule has 0 aliphatic heterocycles. The summed E-state index contributed by atoms with van der Waals surface area (Å²) in [7, 11) is 0. The molecule has 9 heteroatoms. The lowest BCUT2D eigenvalue weighted by molar-refractivity contribution is -0.142. The van der Waals surface area contributed by atoms with Crippen molar-refractivity contribution in [3.05, 3.63) is 75.5 Å². The Morgan fingerprint density at radius 1 is 1.30 bits per heavy atom. The van der Waals surface area contributed by atoms with Crippen molar-refractivity contribution in [3.8, 4) is 5.75 Å². The molecule has 0 spiro atoms. The van der Waals surface area contributed by atoms with Crippen LogP contribution in [0.2, 0.25) is 5.02 Å². The van der Waals surface area contributed by atoms with Crippen molar-refractivity contribution in [2.24, 2.45) is 5.10 Å². The molecule has 0 fully saturated rings. The summed E-state index contributed by atoms with van der Waals surface area (Å²) in [5.74, 6) is -0.663. The lowest BCUT2D eigenvalue weighted by Crippen LogP contribution is -2.07. The lowest BCUT2D eigenvalue weighted by Gasteiger charge is -2.08. The Hall–Kier alpha value is -2.97. The molecule has 0 radical (unpaired) electrons. The van der Waals surface area contributed by atoms with Gasteiger partial charge in [0.2, 0.25) is 5.13 Å². The number of thiazole rings is 1. The first kappa shape index (κ1) is 21.7. The third kappa shape index (κ3) is 6.53. The van der Waals surface area contributed by atoms with Crippen LogP contribution in [0.25, 0.3) is 0 Å². The SMILES string of the molecule is CCOC(=O)Cc1csc(NN=Cc2ccc(OCc3ccc(Cl)cc3)c(F)c2)n1. The van der Waals surface area contributed by atoms with Crippen molar-refractivity contribution in [2.45, 2.75) is 20.0 Å². The summed E-state index contributed by atoms with van der Waals surface area (Å²) in [4.78, 5) is 15.7. The molecule has 3 rings (SSSR count). The molecule has 156 valence electrons. The number of rotatable bonds is 9. The monoisotopic (exact) mass is 447 g/mol. The highest BCUT2D eigenvalue weighted by atomic mass is 35.5. The van der Waals surface area contributed by atoms with Gasteiger partial charge in [0.25, 0.3) is 0 Å². The van der Waals surface area contributed by atoms with E-state index in [2.05, 4.69) is 15.5 Å². The maximum Gasteiger partial charge on any atom is 0.311 e. The Bertz CT molecular complexity index is 1020. The Labute approximate surface area is 182 Å². The van der Waals surface area contributed by atoms with Crippen LogP contribution in [-0.4, -0.2) is 23.8 Å². The second kappa shape index (κ2) is 10.7. The highest BCUT2D eigenvalue weighted by molar-refractivity contribution is 7.13. The summed E-state index contributed by atoms with van der Waals surface area (Å²) in [6.45, 7) is 2.32. The number of aromatic nitrogens is 1. The van der Waals surface area contributed by atoms with Gasteiger partial charge in [-0.1, -0.05) is 23.7 Å². The number of ether oxygens (including phenoxy) is 2. The molecule has 0 aliphatic carbocycles. The number of hydrogen-bond donors (Lipinski definition) is 1. The Kier molecular flexibility index (Phi) is 7.75. The number of carbonyl (C=O) groups is 1. The molecule has 0 atom stereocenters. The van der Waals surface area contributed by atoms with Crippen LogP contribution >= 0.6 is 22.9 Å². The molecule has 0 aliphatic rings. The number of anilines is 1. The third-order valence-corrected chi connectivity index (χ3v) is 4.87. The van der Waals surface area contributed by atoms with Gasteiger partial charge in [0.15, 0.2) is 11.6 Å². The molecule has 0 unspecified atom stereocenters. The number of benzene rings is 2. The maximum atomic E-state index is 14.3. The third-order valence-electron chi connectivity index (χ3n) is 3.82. The minimum absolute atomic E-state index is 0.110. The first-order valence-corrected chi connectivity index (χ1v) is 10.3. The van der Waals surface area contributed by atoms with Gasteiger partial charge in [-0.3, -0.25) is 10.2 Å². The fourth-order valence-electron chi connectivity index (χ4n) is 2.42. The van der Waals surface area contributed by atoms with Crippen molar-refractivity contribution in [1.82, 2.24) is 4.98 Å². The highest BCUT2D eigenvalue weighted by Gasteiger charge is 2.08. The molecular weight excluding hydrogens is 429 g/mol. The topological polar surface area (TPSA) is 72.8 Å². The van der Waals surface area contributed by atoms with E-state index in [4.69, 9.17) is 21.1 Å². The Morgan fingerprint density at radius 2 is 2.10 bits per heavy atom. The standard InChI is InChI=1S/C21H19ClFN3O3S/c1-2-28-20(27)10-17-13-30-21(25-17)26-24-11-15-5-8-19(18(23)9-15)29-12-14-3-6-16(22)7-4-14/h3-9,11,13H,2,10,12H2,1H3,(H,25,26). The van der Waals surface area contributed by atoms with E-state index in [-0.39, 0.29) is 24.7 Å². The van der Waals surface area contributed by atoms with Gasteiger partial charge in [0.05, 0.1) is 24.9 Å². The van der Waals surface area contributed by atoms with E-state index < -0.39 is 5.82 Å². The number of esters is 1. The number of carbonyl (C=O) groups excluding carboxylic acids is 1. The zero-order chi connectivity index (χ0) is 21.3. The van der Waals surface area contributed by atoms with E-state index in [0.717, 1.165) is 5.56 Å². The quantitative estimate of drug-likeness (QED) is 0.282. The Balaban J connectivity index is 1.52. The van der Waals surface area contributed by atoms with Gasteiger partial charge < -0.3 is 9.47 Å². The Morgan fingerprint density at radius 3 is 2.83 bits per heavy atom. The van der Waals surface area contributed by atoms with Crippen molar-refractivity contribution in [3.63, 3.8) is 0 Å². The molecular formula is C21H19ClFN3O3S. The van der Waals surface area contributed by atoms with Crippen LogP contribution in [0.5, 0.6) is 5.75 Å². The normalized spacial score (nSPS) is 10.9. The van der Waals surface area contributed by atoms with Gasteiger partial charge >= 0.3 is 5.97 Å². The summed E-state index contributed by atoms with van der Waals surface area (Å²) in [6.07, 6.45) is 1.58. The molecule has 3 aromatic rings. The molecule has 1 heterocycles. The molecule has 1 N–H and O–H groups in total. The van der Waals surface area contributed by atoms with Crippen LogP contribution in [-0.2, 0) is 22.6 Å². The van der Waals surface area contributed by atoms with Gasteiger partial charge in [0, 0.05) is 10.4 Å². The molecule has 1 aromatic heterocycles. The first-order valence-electron chi connectivity index (χ1n) is 9.09. The molecule has 0 amide bonds. The second-order valence-corrected chi connectivity index (χ2v) is 7.40. The average molecular weight is 448 g/mol. The van der Waals surface area contributed by atoms with Crippen LogP contribution in [0, 0.1) is 5.82 Å². The van der Waals surface area contributed by atoms with Gasteiger partial charge in [-0.15, -0.1) is 11.3 Å². The summed E-state index contributed by atoms with van der Waals surface area (Å²) in [5.41, 5.74) is 4.81. The molecule has 30 heavy (non-hydrogen) atoms. The molecule has 6 nitrogen and oxygen atoms in total. The lowest BCUT2D eigenvalue weighted by atomic mass is 10.2. The number of nitrogens with zero attached hydrogens (tertiary/aromatic N) is 2.